The van der Waals surface area contributed by atoms with Crippen LogP contribution in [0.4, 0.5) is 0 Å². The molecule has 8 nitrogen and oxygen atoms in total. The minimum atomic E-state index is -0.903. The minimum Gasteiger partial charge on any atom is -0.507 e. The van der Waals surface area contributed by atoms with Crippen molar-refractivity contribution in [2.75, 3.05) is 7.11 Å². The molecule has 0 spiro atoms. The summed E-state index contributed by atoms with van der Waals surface area (Å²) in [6, 6.07) is 0. The molecule has 1 aliphatic rings. The number of fused-ring (bicyclic) bond motifs is 2. The Kier molecular flexibility index (Phi) is 4.68. The van der Waals surface area contributed by atoms with E-state index < -0.39 is 23.4 Å². The number of carbonyl (C=O) groups excluding carboxylic acids is 3. The van der Waals surface area contributed by atoms with Crippen LogP contribution >= 0.6 is 11.6 Å². The molecule has 0 aromatic heterocycles. The number of hydrogen-bond acceptors (Lipinski definition) is 8. The van der Waals surface area contributed by atoms with Crippen LogP contribution in [0.1, 0.15) is 47.8 Å². The van der Waals surface area contributed by atoms with E-state index in [1.54, 1.807) is 0 Å². The SMILES string of the molecule is COC(=O)c1c(C)c2c(c(C)c1O)Oc1c(C=O)c(O)c(Cl)c(C)c1C(=O)O2. The average Bonchev–Trinajstić information content (AvgIpc) is 2.81. The minimum absolute atomic E-state index is 0.0746. The van der Waals surface area contributed by atoms with Gasteiger partial charge < -0.3 is 24.4 Å². The molecule has 2 N–H and O–H groups in total. The molecule has 146 valence electrons. The van der Waals surface area contributed by atoms with Crippen molar-refractivity contribution in [1.29, 1.82) is 0 Å². The number of esters is 2. The van der Waals surface area contributed by atoms with Crippen molar-refractivity contribution in [3.05, 3.63) is 38.4 Å². The summed E-state index contributed by atoms with van der Waals surface area (Å²) < 4.78 is 15.9. The molecule has 2 aromatic rings. The summed E-state index contributed by atoms with van der Waals surface area (Å²) in [4.78, 5) is 36.4. The third kappa shape index (κ3) is 2.56. The molecule has 0 atom stereocenters. The lowest BCUT2D eigenvalue weighted by Gasteiger charge is -2.17. The fourth-order valence-corrected chi connectivity index (χ4v) is 3.25. The number of phenols is 2. The quantitative estimate of drug-likeness (QED) is 0.441. The van der Waals surface area contributed by atoms with Gasteiger partial charge in [0.2, 0.25) is 0 Å². The van der Waals surface area contributed by atoms with Crippen molar-refractivity contribution in [3.8, 4) is 28.7 Å². The van der Waals surface area contributed by atoms with Crippen molar-refractivity contribution in [3.63, 3.8) is 0 Å². The third-order valence-corrected chi connectivity index (χ3v) is 5.07. The van der Waals surface area contributed by atoms with Gasteiger partial charge in [0, 0.05) is 11.1 Å². The van der Waals surface area contributed by atoms with Crippen molar-refractivity contribution >= 4 is 29.8 Å². The molecular weight excluding hydrogens is 392 g/mol. The number of ether oxygens (including phenoxy) is 3. The predicted molar refractivity (Wildman–Crippen MR) is 97.2 cm³/mol. The van der Waals surface area contributed by atoms with Crippen LogP contribution in [0.5, 0.6) is 28.7 Å². The highest BCUT2D eigenvalue weighted by Gasteiger charge is 2.35. The fourth-order valence-electron chi connectivity index (χ4n) is 3.05. The van der Waals surface area contributed by atoms with Gasteiger partial charge in [-0.25, -0.2) is 9.59 Å². The van der Waals surface area contributed by atoms with Crippen LogP contribution < -0.4 is 9.47 Å². The Morgan fingerprint density at radius 2 is 1.61 bits per heavy atom. The molecule has 0 aliphatic carbocycles. The van der Waals surface area contributed by atoms with Crippen LogP contribution in [0.3, 0.4) is 0 Å². The maximum absolute atomic E-state index is 12.8. The molecule has 0 unspecified atom stereocenters. The molecule has 1 aliphatic heterocycles. The van der Waals surface area contributed by atoms with Gasteiger partial charge in [-0.2, -0.15) is 0 Å². The van der Waals surface area contributed by atoms with E-state index in [1.807, 2.05) is 0 Å². The van der Waals surface area contributed by atoms with Gasteiger partial charge in [0.05, 0.1) is 12.1 Å². The van der Waals surface area contributed by atoms with Crippen LogP contribution in [0, 0.1) is 20.8 Å². The third-order valence-electron chi connectivity index (χ3n) is 4.60. The van der Waals surface area contributed by atoms with Gasteiger partial charge in [-0.3, -0.25) is 4.79 Å². The Bertz CT molecular complexity index is 1070. The zero-order chi connectivity index (χ0) is 20.9. The Balaban J connectivity index is 2.40. The highest BCUT2D eigenvalue weighted by atomic mass is 35.5. The molecular formula is C19H15ClO8. The topological polar surface area (TPSA) is 119 Å². The van der Waals surface area contributed by atoms with Crippen molar-refractivity contribution in [1.82, 2.24) is 0 Å². The van der Waals surface area contributed by atoms with Crippen LogP contribution in [0.25, 0.3) is 0 Å². The summed E-state index contributed by atoms with van der Waals surface area (Å²) >= 11 is 6.03. The van der Waals surface area contributed by atoms with Crippen LogP contribution in [0.15, 0.2) is 0 Å². The molecule has 2 aromatic carbocycles. The zero-order valence-electron chi connectivity index (χ0n) is 15.3. The monoisotopic (exact) mass is 406 g/mol. The lowest BCUT2D eigenvalue weighted by Crippen LogP contribution is -2.12. The summed E-state index contributed by atoms with van der Waals surface area (Å²) in [5.41, 5.74) is -0.361. The van der Waals surface area contributed by atoms with E-state index in [1.165, 1.54) is 20.8 Å². The van der Waals surface area contributed by atoms with Crippen LogP contribution in [-0.4, -0.2) is 35.5 Å². The van der Waals surface area contributed by atoms with Gasteiger partial charge in [-0.1, -0.05) is 11.6 Å². The summed E-state index contributed by atoms with van der Waals surface area (Å²) in [6.07, 6.45) is 0.294. The standard InChI is InChI=1S/C19H15ClO8/c1-6-11-17(9(5-21)14(23)12(6)20)27-16-8(3)13(22)10(18(24)26-4)7(2)15(16)28-19(11)25/h5,22-23H,1-4H3. The Morgan fingerprint density at radius 1 is 1.00 bits per heavy atom. The number of methoxy groups -OCH3 is 1. The molecule has 3 rings (SSSR count). The van der Waals surface area contributed by atoms with Gasteiger partial charge in [-0.05, 0) is 26.3 Å². The van der Waals surface area contributed by atoms with Crippen LogP contribution in [0.2, 0.25) is 5.02 Å². The van der Waals surface area contributed by atoms with Crippen molar-refractivity contribution < 1.29 is 38.8 Å². The summed E-state index contributed by atoms with van der Waals surface area (Å²) in [5.74, 6) is -3.17. The lowest BCUT2D eigenvalue weighted by atomic mass is 10.0. The van der Waals surface area contributed by atoms with E-state index in [0.29, 0.717) is 6.29 Å². The Labute approximate surface area is 164 Å². The first-order valence-corrected chi connectivity index (χ1v) is 8.38. The van der Waals surface area contributed by atoms with E-state index in [2.05, 4.69) is 4.74 Å². The second kappa shape index (κ2) is 6.72. The number of aromatic hydroxyl groups is 2. The van der Waals surface area contributed by atoms with Gasteiger partial charge in [0.15, 0.2) is 23.5 Å². The molecule has 0 radical (unpaired) electrons. The molecule has 28 heavy (non-hydrogen) atoms. The molecule has 0 bridgehead atoms. The highest BCUT2D eigenvalue weighted by molar-refractivity contribution is 6.34. The maximum atomic E-state index is 12.8. The smallest absolute Gasteiger partial charge is 0.347 e. The first-order chi connectivity index (χ1) is 13.1. The second-order valence-corrected chi connectivity index (χ2v) is 6.52. The van der Waals surface area contributed by atoms with E-state index >= 15 is 0 Å². The highest BCUT2D eigenvalue weighted by Crippen LogP contribution is 2.51. The number of carbonyl (C=O) groups is 3. The largest absolute Gasteiger partial charge is 0.507 e. The molecule has 0 saturated heterocycles. The Hall–Kier alpha value is -3.26. The molecule has 0 amide bonds. The van der Waals surface area contributed by atoms with Crippen molar-refractivity contribution in [2.24, 2.45) is 0 Å². The summed E-state index contributed by atoms with van der Waals surface area (Å²) in [7, 11) is 1.14. The predicted octanol–water partition coefficient (Wildman–Crippen LogP) is 3.60. The number of hydrogen-bond donors (Lipinski definition) is 2. The van der Waals surface area contributed by atoms with Gasteiger partial charge >= 0.3 is 11.9 Å². The number of benzene rings is 2. The van der Waals surface area contributed by atoms with Gasteiger partial charge in [-0.15, -0.1) is 0 Å². The maximum Gasteiger partial charge on any atom is 0.347 e. The van der Waals surface area contributed by atoms with E-state index in [0.717, 1.165) is 7.11 Å². The first kappa shape index (κ1) is 19.5. The van der Waals surface area contributed by atoms with Gasteiger partial charge in [0.25, 0.3) is 0 Å². The van der Waals surface area contributed by atoms with E-state index in [-0.39, 0.29) is 55.7 Å². The summed E-state index contributed by atoms with van der Waals surface area (Å²) in [5, 5.41) is 20.4. The average molecular weight is 407 g/mol. The molecule has 1 heterocycles. The number of rotatable bonds is 2. The molecule has 9 heteroatoms. The fraction of sp³-hybridized carbons (Fsp3) is 0.211. The van der Waals surface area contributed by atoms with E-state index in [4.69, 9.17) is 21.1 Å². The first-order valence-electron chi connectivity index (χ1n) is 8.00. The Morgan fingerprint density at radius 3 is 2.18 bits per heavy atom. The number of halogens is 1. The molecule has 0 fully saturated rings. The van der Waals surface area contributed by atoms with E-state index in [9.17, 15) is 24.6 Å². The molecule has 0 saturated carbocycles. The van der Waals surface area contributed by atoms with Crippen LogP contribution in [-0.2, 0) is 4.74 Å². The zero-order valence-corrected chi connectivity index (χ0v) is 16.1. The summed E-state index contributed by atoms with van der Waals surface area (Å²) in [6.45, 7) is 4.32. The normalized spacial score (nSPS) is 12.2. The lowest BCUT2D eigenvalue weighted by molar-refractivity contribution is 0.0592. The van der Waals surface area contributed by atoms with Gasteiger partial charge in [0.1, 0.15) is 28.2 Å². The number of phenolic OH excluding ortho intramolecular Hbond substituents is 2. The number of aldehydes is 1. The van der Waals surface area contributed by atoms with Crippen molar-refractivity contribution in [2.45, 2.75) is 20.8 Å². The second-order valence-electron chi connectivity index (χ2n) is 6.14.